The minimum absolute atomic E-state index is 0.0928. The van der Waals surface area contributed by atoms with Crippen LogP contribution in [0.15, 0.2) is 18.5 Å². The molecule has 2 aromatic rings. The molecule has 13 heavy (non-hydrogen) atoms. The number of aromatic nitrogens is 3. The van der Waals surface area contributed by atoms with E-state index >= 15 is 0 Å². The van der Waals surface area contributed by atoms with Crippen molar-refractivity contribution in [3.63, 3.8) is 0 Å². The predicted molar refractivity (Wildman–Crippen MR) is 48.8 cm³/mol. The molecule has 4 nitrogen and oxygen atoms in total. The Morgan fingerprint density at radius 3 is 3.08 bits per heavy atom. The van der Waals surface area contributed by atoms with Gasteiger partial charge in [-0.1, -0.05) is 0 Å². The van der Waals surface area contributed by atoms with Crippen LogP contribution in [0.5, 0.6) is 0 Å². The van der Waals surface area contributed by atoms with Crippen molar-refractivity contribution in [3.8, 4) is 0 Å². The molecule has 2 heterocycles. The molecule has 0 spiro atoms. The van der Waals surface area contributed by atoms with Gasteiger partial charge in [0.15, 0.2) is 5.65 Å². The van der Waals surface area contributed by atoms with Crippen LogP contribution in [-0.4, -0.2) is 20.4 Å². The van der Waals surface area contributed by atoms with Gasteiger partial charge in [0.2, 0.25) is 11.2 Å². The molecule has 0 saturated carbocycles. The lowest BCUT2D eigenvalue weighted by atomic mass is 10.4. The van der Waals surface area contributed by atoms with Gasteiger partial charge in [-0.3, -0.25) is 9.36 Å². The van der Waals surface area contributed by atoms with Gasteiger partial charge < -0.3 is 0 Å². The van der Waals surface area contributed by atoms with E-state index in [9.17, 15) is 4.79 Å². The van der Waals surface area contributed by atoms with Crippen molar-refractivity contribution in [2.45, 2.75) is 6.92 Å². The topological polar surface area (TPSA) is 47.8 Å². The maximum atomic E-state index is 11.1. The molecule has 0 radical (unpaired) electrons. The van der Waals surface area contributed by atoms with Crippen LogP contribution < -0.4 is 0 Å². The maximum Gasteiger partial charge on any atom is 0.229 e. The number of carbonyl (C=O) groups excluding carboxylic acids is 1. The summed E-state index contributed by atoms with van der Waals surface area (Å²) < 4.78 is 1.43. The number of fused-ring (bicyclic) bond motifs is 1. The van der Waals surface area contributed by atoms with Gasteiger partial charge in [0, 0.05) is 24.7 Å². The van der Waals surface area contributed by atoms with Crippen molar-refractivity contribution in [2.75, 3.05) is 0 Å². The second-order valence-corrected chi connectivity index (χ2v) is 2.96. The molecule has 0 aliphatic carbocycles. The zero-order chi connectivity index (χ0) is 9.42. The molecule has 0 amide bonds. The lowest BCUT2D eigenvalue weighted by Crippen LogP contribution is -2.04. The smallest absolute Gasteiger partial charge is 0.229 e. The van der Waals surface area contributed by atoms with E-state index in [1.165, 1.54) is 11.5 Å². The van der Waals surface area contributed by atoms with Crippen LogP contribution in [0.3, 0.4) is 0 Å². The zero-order valence-electron chi connectivity index (χ0n) is 6.86. The molecule has 0 aromatic carbocycles. The Hall–Kier alpha value is -1.42. The molecule has 0 aliphatic rings. The Morgan fingerprint density at radius 1 is 1.62 bits per heavy atom. The summed E-state index contributed by atoms with van der Waals surface area (Å²) in [4.78, 5) is 18.9. The molecule has 5 heteroatoms. The van der Waals surface area contributed by atoms with Crippen molar-refractivity contribution in [3.05, 3.63) is 23.7 Å². The second-order valence-electron chi connectivity index (χ2n) is 2.62. The first-order valence-electron chi connectivity index (χ1n) is 3.69. The Kier molecular flexibility index (Phi) is 1.77. The summed E-state index contributed by atoms with van der Waals surface area (Å²) in [6, 6.07) is 1.77. The summed E-state index contributed by atoms with van der Waals surface area (Å²) in [6.45, 7) is 1.47. The number of nitrogens with zero attached hydrogens (tertiary/aromatic N) is 3. The molecular formula is C8H6ClN3O. The van der Waals surface area contributed by atoms with Gasteiger partial charge in [0.1, 0.15) is 0 Å². The van der Waals surface area contributed by atoms with E-state index in [1.807, 2.05) is 0 Å². The van der Waals surface area contributed by atoms with Crippen LogP contribution >= 0.6 is 11.6 Å². The average Bonchev–Trinajstić information content (AvgIpc) is 2.46. The Morgan fingerprint density at radius 2 is 2.38 bits per heavy atom. The molecule has 0 unspecified atom stereocenters. The Balaban J connectivity index is 2.79. The van der Waals surface area contributed by atoms with Crippen molar-refractivity contribution in [1.82, 2.24) is 14.5 Å². The van der Waals surface area contributed by atoms with Crippen LogP contribution in [0.25, 0.3) is 11.0 Å². The largest absolute Gasteiger partial charge is 0.274 e. The summed E-state index contributed by atoms with van der Waals surface area (Å²) in [5.41, 5.74) is 0.549. The third-order valence-corrected chi connectivity index (χ3v) is 1.92. The fourth-order valence-electron chi connectivity index (χ4n) is 1.15. The van der Waals surface area contributed by atoms with E-state index in [1.54, 1.807) is 18.5 Å². The SMILES string of the molecule is CC(=O)n1ccc2cnc(Cl)nc21. The van der Waals surface area contributed by atoms with Gasteiger partial charge in [0.05, 0.1) is 0 Å². The van der Waals surface area contributed by atoms with E-state index in [0.717, 1.165) is 5.39 Å². The second kappa shape index (κ2) is 2.81. The number of hydrogen-bond donors (Lipinski definition) is 0. The zero-order valence-corrected chi connectivity index (χ0v) is 7.62. The standard InChI is InChI=1S/C8H6ClN3O/c1-5(13)12-3-2-6-4-10-8(9)11-7(6)12/h2-4H,1H3. The molecule has 0 fully saturated rings. The summed E-state index contributed by atoms with van der Waals surface area (Å²) in [6.07, 6.45) is 3.24. The van der Waals surface area contributed by atoms with Crippen molar-refractivity contribution >= 4 is 28.5 Å². The normalized spacial score (nSPS) is 10.6. The highest BCUT2D eigenvalue weighted by Gasteiger charge is 2.06. The first-order chi connectivity index (χ1) is 6.18. The molecule has 0 aliphatic heterocycles. The van der Waals surface area contributed by atoms with Crippen molar-refractivity contribution < 1.29 is 4.79 Å². The number of carbonyl (C=O) groups is 1. The van der Waals surface area contributed by atoms with Gasteiger partial charge in [0.25, 0.3) is 0 Å². The molecule has 0 atom stereocenters. The van der Waals surface area contributed by atoms with Crippen LogP contribution in [0.1, 0.15) is 11.7 Å². The number of hydrogen-bond acceptors (Lipinski definition) is 3. The molecule has 0 N–H and O–H groups in total. The van der Waals surface area contributed by atoms with Gasteiger partial charge >= 0.3 is 0 Å². The van der Waals surface area contributed by atoms with Gasteiger partial charge in [-0.25, -0.2) is 4.98 Å². The fourth-order valence-corrected chi connectivity index (χ4v) is 1.28. The Bertz CT molecular complexity index is 477. The molecule has 0 saturated heterocycles. The van der Waals surface area contributed by atoms with Crippen molar-refractivity contribution in [2.24, 2.45) is 0 Å². The first-order valence-corrected chi connectivity index (χ1v) is 4.07. The van der Waals surface area contributed by atoms with Gasteiger partial charge in [-0.15, -0.1) is 0 Å². The van der Waals surface area contributed by atoms with E-state index in [2.05, 4.69) is 9.97 Å². The fraction of sp³-hybridized carbons (Fsp3) is 0.125. The van der Waals surface area contributed by atoms with Gasteiger partial charge in [-0.05, 0) is 17.7 Å². The summed E-state index contributed by atoms with van der Waals surface area (Å²) >= 11 is 5.61. The maximum absolute atomic E-state index is 11.1. The van der Waals surface area contributed by atoms with Crippen LogP contribution in [0.4, 0.5) is 0 Å². The highest BCUT2D eigenvalue weighted by Crippen LogP contribution is 2.13. The Labute approximate surface area is 79.2 Å². The van der Waals surface area contributed by atoms with Crippen molar-refractivity contribution in [1.29, 1.82) is 0 Å². The first kappa shape index (κ1) is 8.19. The number of halogens is 1. The van der Waals surface area contributed by atoms with Crippen LogP contribution in [0.2, 0.25) is 5.28 Å². The summed E-state index contributed by atoms with van der Waals surface area (Å²) in [5, 5.41) is 0.952. The molecule has 66 valence electrons. The lowest BCUT2D eigenvalue weighted by molar-refractivity contribution is 0.0941. The van der Waals surface area contributed by atoms with E-state index in [4.69, 9.17) is 11.6 Å². The number of rotatable bonds is 0. The lowest BCUT2D eigenvalue weighted by Gasteiger charge is -1.97. The van der Waals surface area contributed by atoms with E-state index < -0.39 is 0 Å². The predicted octanol–water partition coefficient (Wildman–Crippen LogP) is 1.74. The third-order valence-electron chi connectivity index (χ3n) is 1.74. The van der Waals surface area contributed by atoms with Crippen LogP contribution in [-0.2, 0) is 0 Å². The minimum Gasteiger partial charge on any atom is -0.274 e. The highest BCUT2D eigenvalue weighted by atomic mass is 35.5. The monoisotopic (exact) mass is 195 g/mol. The summed E-state index contributed by atoms with van der Waals surface area (Å²) in [7, 11) is 0. The molecule has 0 bridgehead atoms. The van der Waals surface area contributed by atoms with E-state index in [-0.39, 0.29) is 11.2 Å². The quantitative estimate of drug-likeness (QED) is 0.602. The van der Waals surface area contributed by atoms with E-state index in [0.29, 0.717) is 5.65 Å². The third kappa shape index (κ3) is 1.29. The minimum atomic E-state index is -0.0928. The highest BCUT2D eigenvalue weighted by molar-refractivity contribution is 6.28. The average molecular weight is 196 g/mol. The van der Waals surface area contributed by atoms with Crippen LogP contribution in [0, 0.1) is 0 Å². The molecule has 2 rings (SSSR count). The summed E-state index contributed by atoms with van der Waals surface area (Å²) in [5.74, 6) is -0.0928. The molecule has 2 aromatic heterocycles. The molecular weight excluding hydrogens is 190 g/mol. The van der Waals surface area contributed by atoms with Gasteiger partial charge in [-0.2, -0.15) is 4.98 Å².